The molecule has 0 saturated heterocycles. The van der Waals surface area contributed by atoms with Gasteiger partial charge in [-0.1, -0.05) is 61.6 Å². The van der Waals surface area contributed by atoms with Crippen molar-refractivity contribution in [3.05, 3.63) is 28.2 Å². The number of ether oxygens (including phenoxy) is 1. The van der Waals surface area contributed by atoms with Gasteiger partial charge in [0.2, 0.25) is 0 Å². The van der Waals surface area contributed by atoms with Gasteiger partial charge in [-0.3, -0.25) is 0 Å². The van der Waals surface area contributed by atoms with Crippen molar-refractivity contribution in [2.45, 2.75) is 43.5 Å². The molecule has 0 N–H and O–H groups in total. The van der Waals surface area contributed by atoms with Gasteiger partial charge in [0.1, 0.15) is 11.4 Å². The van der Waals surface area contributed by atoms with Gasteiger partial charge < -0.3 is 4.74 Å². The zero-order valence-corrected chi connectivity index (χ0v) is 16.5. The van der Waals surface area contributed by atoms with Gasteiger partial charge in [-0.15, -0.1) is 0 Å². The number of rotatable bonds is 1. The van der Waals surface area contributed by atoms with Gasteiger partial charge in [0.05, 0.1) is 0 Å². The Bertz CT molecular complexity index is 528. The van der Waals surface area contributed by atoms with Crippen molar-refractivity contribution < 1.29 is 4.74 Å². The maximum Gasteiger partial charge on any atom is 0.123 e. The highest BCUT2D eigenvalue weighted by atomic mass is 79.9. The van der Waals surface area contributed by atoms with Crippen LogP contribution in [-0.2, 0) is 6.42 Å². The molecule has 1 aromatic rings. The Kier molecular flexibility index (Phi) is 4.05. The molecular formula is C16H19Br3O. The van der Waals surface area contributed by atoms with Crippen molar-refractivity contribution in [2.75, 3.05) is 5.33 Å². The number of halogens is 3. The van der Waals surface area contributed by atoms with Crippen LogP contribution in [0.5, 0.6) is 5.75 Å². The molecule has 3 unspecified atom stereocenters. The number of fused-ring (bicyclic) bond motifs is 2. The molecule has 0 aromatic heterocycles. The minimum atomic E-state index is -0.0866. The van der Waals surface area contributed by atoms with Crippen LogP contribution in [-0.4, -0.2) is 15.8 Å². The zero-order valence-electron chi connectivity index (χ0n) is 11.8. The van der Waals surface area contributed by atoms with Crippen LogP contribution in [0.4, 0.5) is 0 Å². The Morgan fingerprint density at radius 2 is 2.05 bits per heavy atom. The summed E-state index contributed by atoms with van der Waals surface area (Å²) in [4.78, 5) is 0.531. The molecule has 2 aliphatic rings. The van der Waals surface area contributed by atoms with E-state index in [4.69, 9.17) is 4.74 Å². The fourth-order valence-electron chi connectivity index (χ4n) is 4.01. The van der Waals surface area contributed by atoms with Gasteiger partial charge in [-0.2, -0.15) is 0 Å². The molecule has 1 aliphatic heterocycles. The van der Waals surface area contributed by atoms with Gasteiger partial charge in [0.25, 0.3) is 0 Å². The largest absolute Gasteiger partial charge is 0.486 e. The summed E-state index contributed by atoms with van der Waals surface area (Å²) in [5, 5.41) is 0.895. The van der Waals surface area contributed by atoms with Gasteiger partial charge >= 0.3 is 0 Å². The van der Waals surface area contributed by atoms with Crippen LogP contribution in [0.1, 0.15) is 32.3 Å². The van der Waals surface area contributed by atoms with Crippen molar-refractivity contribution in [2.24, 2.45) is 11.3 Å². The number of hydrogen-bond donors (Lipinski definition) is 0. The van der Waals surface area contributed by atoms with Crippen LogP contribution >= 0.6 is 47.8 Å². The lowest BCUT2D eigenvalue weighted by atomic mass is 9.59. The molecule has 3 atom stereocenters. The lowest BCUT2D eigenvalue weighted by Gasteiger charge is -2.55. The van der Waals surface area contributed by atoms with Crippen LogP contribution in [0.3, 0.4) is 0 Å². The van der Waals surface area contributed by atoms with E-state index < -0.39 is 0 Å². The highest BCUT2D eigenvalue weighted by Gasteiger charge is 2.55. The summed E-state index contributed by atoms with van der Waals surface area (Å²) in [5.74, 6) is 1.60. The quantitative estimate of drug-likeness (QED) is 0.481. The fourth-order valence-corrected chi connectivity index (χ4v) is 6.54. The predicted octanol–water partition coefficient (Wildman–Crippen LogP) is 5.72. The van der Waals surface area contributed by atoms with Gasteiger partial charge in [0.15, 0.2) is 0 Å². The molecule has 0 bridgehead atoms. The monoisotopic (exact) mass is 464 g/mol. The molecule has 0 radical (unpaired) electrons. The third-order valence-corrected chi connectivity index (χ3v) is 6.97. The first-order chi connectivity index (χ1) is 9.36. The Balaban J connectivity index is 2.07. The first-order valence-corrected chi connectivity index (χ1v) is 9.87. The van der Waals surface area contributed by atoms with Crippen LogP contribution in [0.15, 0.2) is 22.7 Å². The summed E-state index contributed by atoms with van der Waals surface area (Å²) in [6, 6.07) is 6.38. The SMILES string of the molecule is CC1(C)CC(Br)CC2(CBr)Oc3ccc(Br)cc3CC12. The fraction of sp³-hybridized carbons (Fsp3) is 0.625. The number of benzene rings is 1. The van der Waals surface area contributed by atoms with E-state index in [-0.39, 0.29) is 11.0 Å². The van der Waals surface area contributed by atoms with Gasteiger partial charge in [-0.05, 0) is 42.0 Å². The average Bonchev–Trinajstić information content (AvgIpc) is 2.36. The molecular weight excluding hydrogens is 448 g/mol. The summed E-state index contributed by atoms with van der Waals surface area (Å²) >= 11 is 11.2. The second-order valence-electron chi connectivity index (χ2n) is 6.80. The smallest absolute Gasteiger partial charge is 0.123 e. The average molecular weight is 467 g/mol. The van der Waals surface area contributed by atoms with Crippen molar-refractivity contribution in [1.82, 2.24) is 0 Å². The molecule has 20 heavy (non-hydrogen) atoms. The highest BCUT2D eigenvalue weighted by molar-refractivity contribution is 9.10. The maximum atomic E-state index is 6.54. The van der Waals surface area contributed by atoms with E-state index in [9.17, 15) is 0 Å². The van der Waals surface area contributed by atoms with E-state index in [0.29, 0.717) is 10.7 Å². The van der Waals surface area contributed by atoms with Crippen molar-refractivity contribution in [3.63, 3.8) is 0 Å². The minimum absolute atomic E-state index is 0.0866. The van der Waals surface area contributed by atoms with E-state index in [1.807, 2.05) is 0 Å². The highest BCUT2D eigenvalue weighted by Crippen LogP contribution is 2.55. The maximum absolute atomic E-state index is 6.54. The lowest BCUT2D eigenvalue weighted by molar-refractivity contribution is -0.0739. The number of hydrogen-bond acceptors (Lipinski definition) is 1. The Hall–Kier alpha value is 0.460. The molecule has 1 aromatic carbocycles. The first-order valence-electron chi connectivity index (χ1n) is 7.04. The van der Waals surface area contributed by atoms with E-state index in [0.717, 1.165) is 28.4 Å². The summed E-state index contributed by atoms with van der Waals surface area (Å²) in [6.07, 6.45) is 3.38. The molecule has 1 saturated carbocycles. The van der Waals surface area contributed by atoms with Crippen LogP contribution in [0, 0.1) is 11.3 Å². The topological polar surface area (TPSA) is 9.23 Å². The van der Waals surface area contributed by atoms with E-state index in [1.54, 1.807) is 0 Å². The van der Waals surface area contributed by atoms with Crippen molar-refractivity contribution in [1.29, 1.82) is 0 Å². The molecule has 3 rings (SSSR count). The van der Waals surface area contributed by atoms with E-state index in [2.05, 4.69) is 79.8 Å². The van der Waals surface area contributed by atoms with Gasteiger partial charge in [-0.25, -0.2) is 0 Å². The van der Waals surface area contributed by atoms with Crippen molar-refractivity contribution >= 4 is 47.8 Å². The summed E-state index contributed by atoms with van der Waals surface area (Å²) in [5.41, 5.74) is 1.53. The first kappa shape index (κ1) is 15.4. The molecule has 0 spiro atoms. The second-order valence-corrected chi connectivity index (χ2v) is 9.57. The van der Waals surface area contributed by atoms with Crippen LogP contribution < -0.4 is 4.74 Å². The third-order valence-electron chi connectivity index (χ3n) is 4.88. The molecule has 0 amide bonds. The molecule has 1 fully saturated rings. The van der Waals surface area contributed by atoms with E-state index in [1.165, 1.54) is 12.0 Å². The second kappa shape index (κ2) is 5.27. The summed E-state index contributed by atoms with van der Waals surface area (Å²) in [7, 11) is 0. The summed E-state index contributed by atoms with van der Waals surface area (Å²) < 4.78 is 7.67. The normalized spacial score (nSPS) is 34.9. The Morgan fingerprint density at radius 3 is 2.75 bits per heavy atom. The Labute approximate surface area is 146 Å². The van der Waals surface area contributed by atoms with Crippen LogP contribution in [0.2, 0.25) is 0 Å². The molecule has 1 heterocycles. The predicted molar refractivity (Wildman–Crippen MR) is 94.2 cm³/mol. The molecule has 1 aliphatic carbocycles. The molecule has 1 nitrogen and oxygen atoms in total. The summed E-state index contributed by atoms with van der Waals surface area (Å²) in [6.45, 7) is 4.77. The molecule has 4 heteroatoms. The minimum Gasteiger partial charge on any atom is -0.486 e. The van der Waals surface area contributed by atoms with Crippen LogP contribution in [0.25, 0.3) is 0 Å². The van der Waals surface area contributed by atoms with Gasteiger partial charge in [0, 0.05) is 27.0 Å². The third kappa shape index (κ3) is 2.50. The van der Waals surface area contributed by atoms with Crippen molar-refractivity contribution in [3.8, 4) is 5.75 Å². The Morgan fingerprint density at radius 1 is 1.30 bits per heavy atom. The number of alkyl halides is 2. The van der Waals surface area contributed by atoms with E-state index >= 15 is 0 Å². The zero-order chi connectivity index (χ0) is 14.5. The lowest BCUT2D eigenvalue weighted by Crippen LogP contribution is -2.59. The standard InChI is InChI=1S/C16H19Br3O/c1-15(2)7-12(19)8-16(9-17)14(15)6-10-5-11(18)3-4-13(10)20-16/h3-5,12,14H,6-9H2,1-2H3. The molecule has 110 valence electrons.